The normalized spacial score (nSPS) is 12.3. The highest BCUT2D eigenvalue weighted by molar-refractivity contribution is 6.06. The molecule has 0 atom stereocenters. The van der Waals surface area contributed by atoms with Gasteiger partial charge in [-0.3, -0.25) is 0 Å². The molecule has 2 nitrogen and oxygen atoms in total. The smallest absolute Gasteiger partial charge is 0.0629 e. The molecule has 2 heteroatoms. The van der Waals surface area contributed by atoms with E-state index in [0.29, 0.717) is 11.1 Å². The Bertz CT molecular complexity index is 2760. The van der Waals surface area contributed by atoms with Gasteiger partial charge in [-0.15, -0.1) is 0 Å². The Hall–Kier alpha value is -6.90. The largest absolute Gasteiger partial charge is 0.310 e. The number of nitrogens with zero attached hydrogens (tertiary/aromatic N) is 2. The van der Waals surface area contributed by atoms with Crippen LogP contribution in [0.4, 0.5) is 17.1 Å². The van der Waals surface area contributed by atoms with E-state index in [1.807, 2.05) is 66.7 Å². The average molecular weight is 667 g/mol. The number of para-hydroxylation sites is 2. The van der Waals surface area contributed by atoms with E-state index >= 15 is 0 Å². The fraction of sp³-hybridized carbons (Fsp3) is 0. The number of hydrogen-bond donors (Lipinski definition) is 0. The minimum Gasteiger partial charge on any atom is -0.310 e. The second kappa shape index (κ2) is 13.8. The van der Waals surface area contributed by atoms with Gasteiger partial charge in [-0.2, -0.15) is 0 Å². The van der Waals surface area contributed by atoms with E-state index < -0.39 is 0 Å². The third-order valence-corrected chi connectivity index (χ3v) is 9.57. The highest BCUT2D eigenvalue weighted by atomic mass is 15.1. The first-order chi connectivity index (χ1) is 26.6. The second-order valence-corrected chi connectivity index (χ2v) is 12.9. The van der Waals surface area contributed by atoms with Crippen LogP contribution in [-0.4, -0.2) is 4.57 Å². The number of aromatic nitrogens is 1. The van der Waals surface area contributed by atoms with Gasteiger partial charge in [-0.05, 0) is 87.6 Å². The van der Waals surface area contributed by atoms with Gasteiger partial charge < -0.3 is 9.47 Å². The molecule has 1 heterocycles. The van der Waals surface area contributed by atoms with Gasteiger partial charge in [0.1, 0.15) is 0 Å². The van der Waals surface area contributed by atoms with E-state index in [1.54, 1.807) is 0 Å². The molecule has 0 fully saturated rings. The predicted molar refractivity (Wildman–Crippen MR) is 222 cm³/mol. The molecule has 9 rings (SSSR count). The Morgan fingerprint density at radius 1 is 0.423 bits per heavy atom. The van der Waals surface area contributed by atoms with Crippen molar-refractivity contribution < 1.29 is 2.74 Å². The Balaban J connectivity index is 1.16. The van der Waals surface area contributed by atoms with Crippen molar-refractivity contribution in [3.05, 3.63) is 217 Å². The minimum absolute atomic E-state index is 0.169. The molecule has 0 aliphatic carbocycles. The van der Waals surface area contributed by atoms with E-state index in [2.05, 4.69) is 149 Å². The summed E-state index contributed by atoms with van der Waals surface area (Å²) in [6.45, 7) is 0. The summed E-state index contributed by atoms with van der Waals surface area (Å²) in [5.74, 6) is 0. The van der Waals surface area contributed by atoms with Crippen molar-refractivity contribution in [1.82, 2.24) is 4.57 Å². The molecule has 0 spiro atoms. The van der Waals surface area contributed by atoms with E-state index in [-0.39, 0.29) is 12.1 Å². The van der Waals surface area contributed by atoms with E-state index in [0.717, 1.165) is 56.0 Å². The Morgan fingerprint density at radius 3 is 1.67 bits per heavy atom. The van der Waals surface area contributed by atoms with Gasteiger partial charge in [-0.1, -0.05) is 164 Å². The quantitative estimate of drug-likeness (QED) is 0.147. The van der Waals surface area contributed by atoms with Crippen molar-refractivity contribution in [2.45, 2.75) is 0 Å². The summed E-state index contributed by atoms with van der Waals surface area (Å²) in [6.07, 6.45) is 0. The van der Waals surface area contributed by atoms with Crippen LogP contribution in [0.1, 0.15) is 13.9 Å². The summed E-state index contributed by atoms with van der Waals surface area (Å²) < 4.78 is 20.9. The molecule has 0 amide bonds. The van der Waals surface area contributed by atoms with Crippen LogP contribution < -0.4 is 4.90 Å². The summed E-state index contributed by atoms with van der Waals surface area (Å²) in [5, 5.41) is 3.45. The molecule has 0 bridgehead atoms. The highest BCUT2D eigenvalue weighted by Gasteiger charge is 2.21. The number of hydrogen-bond acceptors (Lipinski definition) is 1. The molecule has 0 aliphatic heterocycles. The van der Waals surface area contributed by atoms with Crippen LogP contribution in [0.2, 0.25) is 0 Å². The van der Waals surface area contributed by atoms with Crippen LogP contribution in [0.15, 0.2) is 206 Å². The van der Waals surface area contributed by atoms with Gasteiger partial charge in [0.2, 0.25) is 0 Å². The van der Waals surface area contributed by atoms with Gasteiger partial charge in [0, 0.05) is 33.7 Å². The first-order valence-electron chi connectivity index (χ1n) is 18.6. The molecule has 0 radical (unpaired) electrons. The summed E-state index contributed by atoms with van der Waals surface area (Å²) in [6, 6.07) is 71.1. The lowest BCUT2D eigenvalue weighted by Gasteiger charge is -2.26. The molecule has 0 saturated heterocycles. The molecule has 8 aromatic carbocycles. The summed E-state index contributed by atoms with van der Waals surface area (Å²) >= 11 is 0. The molecular weight excluding hydrogens is 629 g/mol. The van der Waals surface area contributed by atoms with Gasteiger partial charge in [-0.25, -0.2) is 0 Å². The summed E-state index contributed by atoms with van der Waals surface area (Å²) in [4.78, 5) is 2.23. The Morgan fingerprint density at radius 2 is 0.962 bits per heavy atom. The molecule has 0 saturated carbocycles. The van der Waals surface area contributed by atoms with Crippen molar-refractivity contribution in [3.63, 3.8) is 0 Å². The lowest BCUT2D eigenvalue weighted by molar-refractivity contribution is 1.13. The zero-order chi connectivity index (χ0) is 36.4. The lowest BCUT2D eigenvalue weighted by Crippen LogP contribution is -2.09. The Kier molecular flexibility index (Phi) is 7.66. The third kappa shape index (κ3) is 5.97. The summed E-state index contributed by atoms with van der Waals surface area (Å²) in [7, 11) is 0. The maximum atomic E-state index is 9.35. The predicted octanol–water partition coefficient (Wildman–Crippen LogP) is 13.8. The average Bonchev–Trinajstić information content (AvgIpc) is 3.59. The number of rotatable bonds is 8. The van der Waals surface area contributed by atoms with Gasteiger partial charge in [0.25, 0.3) is 0 Å². The van der Waals surface area contributed by atoms with Gasteiger partial charge >= 0.3 is 0 Å². The highest BCUT2D eigenvalue weighted by Crippen LogP contribution is 2.43. The van der Waals surface area contributed by atoms with Crippen LogP contribution in [0, 0.1) is 0 Å². The molecule has 246 valence electrons. The van der Waals surface area contributed by atoms with Crippen molar-refractivity contribution in [2.24, 2.45) is 0 Å². The molecular formula is C50H36N2. The van der Waals surface area contributed by atoms with E-state index in [4.69, 9.17) is 0 Å². The molecule has 0 aliphatic rings. The number of fused-ring (bicyclic) bond motifs is 2. The zero-order valence-corrected chi connectivity index (χ0v) is 28.5. The number of anilines is 3. The first kappa shape index (κ1) is 28.9. The maximum Gasteiger partial charge on any atom is 0.0629 e. The fourth-order valence-corrected chi connectivity index (χ4v) is 7.16. The van der Waals surface area contributed by atoms with Crippen molar-refractivity contribution in [1.29, 1.82) is 0 Å². The molecule has 0 unspecified atom stereocenters. The van der Waals surface area contributed by atoms with Gasteiger partial charge in [0.05, 0.1) is 14.0 Å². The third-order valence-electron chi connectivity index (χ3n) is 9.57. The monoisotopic (exact) mass is 666 g/mol. The second-order valence-electron chi connectivity index (χ2n) is 12.9. The SMILES string of the molecule is [2H]/C(=C(/[2H])c1ccc2c(-c3ccccc3)c(-c3ccccc3)n(-c3ccccc3)c2c1)c1ccc(N(c2ccccc2)c2ccc3ccccc3c2)cc1. The van der Waals surface area contributed by atoms with E-state index in [1.165, 1.54) is 10.8 Å². The van der Waals surface area contributed by atoms with Crippen LogP contribution >= 0.6 is 0 Å². The van der Waals surface area contributed by atoms with Gasteiger partial charge in [0.15, 0.2) is 0 Å². The van der Waals surface area contributed by atoms with Crippen LogP contribution in [-0.2, 0) is 0 Å². The van der Waals surface area contributed by atoms with Crippen molar-refractivity contribution in [2.75, 3.05) is 4.90 Å². The molecule has 1 aromatic heterocycles. The zero-order valence-electron chi connectivity index (χ0n) is 30.5. The molecule has 52 heavy (non-hydrogen) atoms. The van der Waals surface area contributed by atoms with E-state index in [9.17, 15) is 2.74 Å². The summed E-state index contributed by atoms with van der Waals surface area (Å²) in [5.41, 5.74) is 10.9. The van der Waals surface area contributed by atoms with Crippen LogP contribution in [0.3, 0.4) is 0 Å². The first-order valence-corrected chi connectivity index (χ1v) is 17.6. The van der Waals surface area contributed by atoms with Crippen molar-refractivity contribution in [3.8, 4) is 28.1 Å². The Labute approximate surface area is 307 Å². The van der Waals surface area contributed by atoms with Crippen LogP contribution in [0.25, 0.3) is 61.9 Å². The molecule has 9 aromatic rings. The fourth-order valence-electron chi connectivity index (χ4n) is 7.16. The number of benzene rings is 8. The maximum absolute atomic E-state index is 9.35. The molecule has 0 N–H and O–H groups in total. The standard InChI is InChI=1S/C50H36N2/c1-5-16-40(17-6-1)49-47-34-29-38(35-48(47)52(44-23-11-4-12-24-44)50(49)41-18-7-2-8-19-41)26-25-37-27-31-45(32-28-37)51(43-21-9-3-10-22-43)46-33-30-39-15-13-14-20-42(39)36-46/h1-36H/b26-25+/i25D,26D. The van der Waals surface area contributed by atoms with Crippen molar-refractivity contribution >= 4 is 50.8 Å². The lowest BCUT2D eigenvalue weighted by atomic mass is 9.98. The minimum atomic E-state index is 0.169. The topological polar surface area (TPSA) is 8.17 Å². The van der Waals surface area contributed by atoms with Crippen LogP contribution in [0.5, 0.6) is 0 Å².